The van der Waals surface area contributed by atoms with Crippen LogP contribution in [-0.4, -0.2) is 54.9 Å². The van der Waals surface area contributed by atoms with Gasteiger partial charge in [-0.05, 0) is 72.1 Å². The normalized spacial score (nSPS) is 24.5. The summed E-state index contributed by atoms with van der Waals surface area (Å²) in [6, 6.07) is 0.180. The molecule has 0 radical (unpaired) electrons. The van der Waals surface area contributed by atoms with Crippen LogP contribution in [0.1, 0.15) is 81.0 Å². The van der Waals surface area contributed by atoms with Crippen LogP contribution in [0, 0.1) is 25.7 Å². The van der Waals surface area contributed by atoms with Gasteiger partial charge in [0.1, 0.15) is 10.5 Å². The molecule has 8 nitrogen and oxygen atoms in total. The molecular formula is C24H39N3O5S. The molecule has 33 heavy (non-hydrogen) atoms. The maximum Gasteiger partial charge on any atom is 0.341 e. The maximum absolute atomic E-state index is 13.8. The van der Waals surface area contributed by atoms with Crippen molar-refractivity contribution < 1.29 is 22.7 Å². The summed E-state index contributed by atoms with van der Waals surface area (Å²) in [5.41, 5.74) is 1.23. The number of hydrogen-bond donors (Lipinski definition) is 1. The van der Waals surface area contributed by atoms with Crippen molar-refractivity contribution >= 4 is 21.9 Å². The van der Waals surface area contributed by atoms with Gasteiger partial charge >= 0.3 is 5.97 Å². The highest BCUT2D eigenvalue weighted by molar-refractivity contribution is 7.89. The summed E-state index contributed by atoms with van der Waals surface area (Å²) in [5.74, 6) is -0.362. The lowest BCUT2D eigenvalue weighted by atomic mass is 9.87. The summed E-state index contributed by atoms with van der Waals surface area (Å²) in [5, 5.41) is 3.16. The van der Waals surface area contributed by atoms with Gasteiger partial charge in [0.25, 0.3) is 0 Å². The largest absolute Gasteiger partial charge is 0.462 e. The molecule has 0 bridgehead atoms. The molecule has 1 saturated heterocycles. The highest BCUT2D eigenvalue weighted by Gasteiger charge is 2.39. The summed E-state index contributed by atoms with van der Waals surface area (Å²) in [6.45, 7) is 10.5. The van der Waals surface area contributed by atoms with Gasteiger partial charge in [0.15, 0.2) is 0 Å². The number of nitrogens with zero attached hydrogens (tertiary/aromatic N) is 2. The summed E-state index contributed by atoms with van der Waals surface area (Å²) in [4.78, 5) is 25.7. The van der Waals surface area contributed by atoms with E-state index in [0.29, 0.717) is 43.2 Å². The first-order chi connectivity index (χ1) is 15.6. The van der Waals surface area contributed by atoms with E-state index < -0.39 is 16.0 Å². The van der Waals surface area contributed by atoms with Crippen molar-refractivity contribution in [2.45, 2.75) is 90.6 Å². The molecule has 0 spiro atoms. The number of carbonyl (C=O) groups is 2. The van der Waals surface area contributed by atoms with E-state index in [2.05, 4.69) is 12.2 Å². The quantitative estimate of drug-likeness (QED) is 0.602. The van der Waals surface area contributed by atoms with Gasteiger partial charge in [-0.15, -0.1) is 0 Å². The highest BCUT2D eigenvalue weighted by atomic mass is 32.2. The van der Waals surface area contributed by atoms with Gasteiger partial charge in [-0.25, -0.2) is 13.2 Å². The molecule has 1 aliphatic carbocycles. The molecule has 1 aliphatic heterocycles. The molecule has 0 unspecified atom stereocenters. The van der Waals surface area contributed by atoms with Gasteiger partial charge in [0, 0.05) is 37.1 Å². The zero-order valence-electron chi connectivity index (χ0n) is 20.6. The van der Waals surface area contributed by atoms with Crippen molar-refractivity contribution in [3.8, 4) is 0 Å². The van der Waals surface area contributed by atoms with Gasteiger partial charge in [-0.1, -0.05) is 6.92 Å². The second-order valence-electron chi connectivity index (χ2n) is 9.51. The first-order valence-electron chi connectivity index (χ1n) is 12.3. The fourth-order valence-electron chi connectivity index (χ4n) is 5.32. The number of sulfonamides is 1. The van der Waals surface area contributed by atoms with Crippen LogP contribution in [0.5, 0.6) is 0 Å². The van der Waals surface area contributed by atoms with Gasteiger partial charge in [0.05, 0.1) is 12.5 Å². The Kier molecular flexibility index (Phi) is 8.26. The molecule has 2 fully saturated rings. The Bertz CT molecular complexity index is 977. The van der Waals surface area contributed by atoms with Crippen LogP contribution in [-0.2, 0) is 26.1 Å². The molecule has 1 aromatic rings. The minimum absolute atomic E-state index is 0.0163. The van der Waals surface area contributed by atoms with Crippen molar-refractivity contribution in [3.05, 3.63) is 17.0 Å². The van der Waals surface area contributed by atoms with Crippen molar-refractivity contribution in [2.24, 2.45) is 11.8 Å². The van der Waals surface area contributed by atoms with Crippen LogP contribution in [0.3, 0.4) is 0 Å². The number of carbonyl (C=O) groups excluding carboxylic acids is 2. The number of piperidine rings is 1. The van der Waals surface area contributed by atoms with Gasteiger partial charge in [0.2, 0.25) is 15.9 Å². The van der Waals surface area contributed by atoms with E-state index in [-0.39, 0.29) is 41.5 Å². The zero-order valence-corrected chi connectivity index (χ0v) is 21.5. The van der Waals surface area contributed by atoms with Crippen LogP contribution in [0.15, 0.2) is 4.90 Å². The molecule has 2 heterocycles. The molecule has 0 aromatic carbocycles. The highest BCUT2D eigenvalue weighted by Crippen LogP contribution is 2.33. The van der Waals surface area contributed by atoms with Crippen LogP contribution < -0.4 is 5.32 Å². The number of amides is 1. The number of hydrogen-bond acceptors (Lipinski definition) is 5. The molecular weight excluding hydrogens is 442 g/mol. The lowest BCUT2D eigenvalue weighted by Crippen LogP contribution is -2.48. The minimum Gasteiger partial charge on any atom is -0.462 e. The number of aromatic nitrogens is 1. The minimum atomic E-state index is -3.97. The number of nitrogens with one attached hydrogen (secondary N) is 1. The Morgan fingerprint density at radius 1 is 1.06 bits per heavy atom. The van der Waals surface area contributed by atoms with Crippen molar-refractivity contribution in [1.29, 1.82) is 0 Å². The average Bonchev–Trinajstić information content (AvgIpc) is 3.05. The Labute approximate surface area is 198 Å². The molecule has 1 amide bonds. The van der Waals surface area contributed by atoms with Crippen molar-refractivity contribution in [2.75, 3.05) is 19.7 Å². The van der Waals surface area contributed by atoms with E-state index in [1.807, 2.05) is 11.5 Å². The second kappa shape index (κ2) is 10.6. The standard InChI is InChI=1S/C24H39N3O5S/c1-6-27-17(4)21(24(29)32-7-2)22(18(27)5)33(30,31)26-14-8-9-19(15-26)23(28)25-20-12-10-16(3)11-13-20/h16,19-20H,6-15H2,1-5H3,(H,25,28)/t16?,19-,20?/m1/s1. The fraction of sp³-hybridized carbons (Fsp3) is 0.750. The van der Waals surface area contributed by atoms with Gasteiger partial charge < -0.3 is 14.6 Å². The van der Waals surface area contributed by atoms with E-state index in [1.165, 1.54) is 4.31 Å². The Hall–Kier alpha value is -1.87. The third-order valence-electron chi connectivity index (χ3n) is 7.24. The van der Waals surface area contributed by atoms with Crippen molar-refractivity contribution in [3.63, 3.8) is 0 Å². The monoisotopic (exact) mass is 481 g/mol. The molecule has 3 rings (SSSR count). The summed E-state index contributed by atoms with van der Waals surface area (Å²) in [6.07, 6.45) is 5.46. The molecule has 1 saturated carbocycles. The lowest BCUT2D eigenvalue weighted by Gasteiger charge is -2.33. The van der Waals surface area contributed by atoms with Gasteiger partial charge in [-0.3, -0.25) is 4.79 Å². The summed E-state index contributed by atoms with van der Waals surface area (Å²) < 4.78 is 36.0. The number of esters is 1. The van der Waals surface area contributed by atoms with E-state index in [0.717, 1.165) is 25.7 Å². The van der Waals surface area contributed by atoms with E-state index in [4.69, 9.17) is 4.74 Å². The Morgan fingerprint density at radius 2 is 1.73 bits per heavy atom. The third-order valence-corrected chi connectivity index (χ3v) is 9.26. The third kappa shape index (κ3) is 5.29. The number of rotatable bonds is 7. The molecule has 1 aromatic heterocycles. The topological polar surface area (TPSA) is 97.7 Å². The smallest absolute Gasteiger partial charge is 0.341 e. The fourth-order valence-corrected chi connectivity index (χ4v) is 7.29. The SMILES string of the molecule is CCOC(=O)c1c(S(=O)(=O)N2CCC[C@@H](C(=O)NC3CCC(C)CC3)C2)c(C)n(CC)c1C. The van der Waals surface area contributed by atoms with Crippen LogP contribution in [0.2, 0.25) is 0 Å². The maximum atomic E-state index is 13.8. The molecule has 9 heteroatoms. The Balaban J connectivity index is 1.84. The molecule has 1 atom stereocenters. The predicted molar refractivity (Wildman–Crippen MR) is 127 cm³/mol. The second-order valence-corrected chi connectivity index (χ2v) is 11.4. The first-order valence-corrected chi connectivity index (χ1v) is 13.7. The van der Waals surface area contributed by atoms with Crippen LogP contribution >= 0.6 is 0 Å². The van der Waals surface area contributed by atoms with Crippen LogP contribution in [0.4, 0.5) is 0 Å². The van der Waals surface area contributed by atoms with E-state index in [1.54, 1.807) is 20.8 Å². The molecule has 1 N–H and O–H groups in total. The van der Waals surface area contributed by atoms with Gasteiger partial charge in [-0.2, -0.15) is 4.31 Å². The average molecular weight is 482 g/mol. The number of ether oxygens (including phenoxy) is 1. The van der Waals surface area contributed by atoms with Crippen LogP contribution in [0.25, 0.3) is 0 Å². The molecule has 186 valence electrons. The van der Waals surface area contributed by atoms with E-state index >= 15 is 0 Å². The zero-order chi connectivity index (χ0) is 24.3. The lowest BCUT2D eigenvalue weighted by molar-refractivity contribution is -0.127. The molecule has 2 aliphatic rings. The summed E-state index contributed by atoms with van der Waals surface area (Å²) >= 11 is 0. The summed E-state index contributed by atoms with van der Waals surface area (Å²) in [7, 11) is -3.97. The predicted octanol–water partition coefficient (Wildman–Crippen LogP) is 3.40. The Morgan fingerprint density at radius 3 is 2.33 bits per heavy atom. The van der Waals surface area contributed by atoms with E-state index in [9.17, 15) is 18.0 Å². The first kappa shape index (κ1) is 25.7. The van der Waals surface area contributed by atoms with Crippen molar-refractivity contribution in [1.82, 2.24) is 14.2 Å².